The highest BCUT2D eigenvalue weighted by Crippen LogP contribution is 2.43. The van der Waals surface area contributed by atoms with Gasteiger partial charge in [-0.1, -0.05) is 67.1 Å². The topological polar surface area (TPSA) is 102 Å². The molecule has 0 fully saturated rings. The predicted molar refractivity (Wildman–Crippen MR) is 152 cm³/mol. The van der Waals surface area contributed by atoms with E-state index in [-0.39, 0.29) is 23.3 Å². The van der Waals surface area contributed by atoms with Crippen LogP contribution in [0.15, 0.2) is 77.1 Å². The molecule has 0 saturated carbocycles. The van der Waals surface area contributed by atoms with Gasteiger partial charge in [-0.25, -0.2) is 4.79 Å². The molecule has 232 valence electrons. The van der Waals surface area contributed by atoms with E-state index in [1.165, 1.54) is 37.3 Å². The zero-order valence-electron chi connectivity index (χ0n) is 25.1. The molecule has 0 amide bonds. The van der Waals surface area contributed by atoms with Gasteiger partial charge >= 0.3 is 12.1 Å². The minimum Gasteiger partial charge on any atom is -0.459 e. The molecule has 1 unspecified atom stereocenters. The van der Waals surface area contributed by atoms with Gasteiger partial charge in [-0.05, 0) is 46.1 Å². The van der Waals surface area contributed by atoms with E-state index in [1.54, 1.807) is 52.0 Å². The number of ketones is 1. The SMILES string of the molecule is C/C=C(\C)[C@H](OC(=O)[C@](OC)(c1ccccc1)C(F)(F)F)[C@H](C)/C=C/C=C(\C)CC[C@@H](O)CC1=C(C)C(=O)C(C)(O)O1. The van der Waals surface area contributed by atoms with Crippen LogP contribution in [0.1, 0.15) is 66.4 Å². The molecule has 7 nitrogen and oxygen atoms in total. The average molecular weight is 595 g/mol. The highest BCUT2D eigenvalue weighted by atomic mass is 19.4. The summed E-state index contributed by atoms with van der Waals surface area (Å²) in [5.41, 5.74) is -1.90. The Bertz CT molecular complexity index is 1230. The maximum atomic E-state index is 14.3. The molecule has 1 aliphatic heterocycles. The molecule has 5 atom stereocenters. The Labute approximate surface area is 245 Å². The zero-order valence-corrected chi connectivity index (χ0v) is 25.1. The molecule has 1 aliphatic rings. The molecule has 0 spiro atoms. The first-order valence-corrected chi connectivity index (χ1v) is 13.7. The van der Waals surface area contributed by atoms with Gasteiger partial charge in [-0.15, -0.1) is 0 Å². The molecular formula is C32H41F3O7. The Balaban J connectivity index is 2.11. The molecule has 1 aromatic carbocycles. The van der Waals surface area contributed by atoms with Crippen molar-refractivity contribution in [3.8, 4) is 0 Å². The van der Waals surface area contributed by atoms with Crippen LogP contribution in [0.3, 0.4) is 0 Å². The van der Waals surface area contributed by atoms with Gasteiger partial charge in [0.15, 0.2) is 0 Å². The molecule has 10 heteroatoms. The van der Waals surface area contributed by atoms with Crippen LogP contribution in [0.25, 0.3) is 0 Å². The molecule has 0 aliphatic carbocycles. The quantitative estimate of drug-likeness (QED) is 0.159. The van der Waals surface area contributed by atoms with Gasteiger partial charge in [0.1, 0.15) is 11.9 Å². The second-order valence-corrected chi connectivity index (χ2v) is 10.7. The summed E-state index contributed by atoms with van der Waals surface area (Å²) >= 11 is 0. The molecule has 1 heterocycles. The highest BCUT2D eigenvalue weighted by Gasteiger charge is 2.64. The van der Waals surface area contributed by atoms with E-state index in [4.69, 9.17) is 14.2 Å². The van der Waals surface area contributed by atoms with Crippen molar-refractivity contribution in [1.82, 2.24) is 0 Å². The van der Waals surface area contributed by atoms with Crippen molar-refractivity contribution in [1.29, 1.82) is 0 Å². The summed E-state index contributed by atoms with van der Waals surface area (Å²) in [6.45, 7) is 9.77. The normalized spacial score (nSPS) is 22.1. The molecule has 1 aromatic rings. The van der Waals surface area contributed by atoms with Crippen LogP contribution in [0.5, 0.6) is 0 Å². The lowest BCUT2D eigenvalue weighted by Crippen LogP contribution is -2.53. The number of benzene rings is 1. The van der Waals surface area contributed by atoms with Crippen molar-refractivity contribution in [3.05, 3.63) is 82.7 Å². The van der Waals surface area contributed by atoms with Gasteiger partial charge in [-0.2, -0.15) is 13.2 Å². The number of rotatable bonds is 13. The van der Waals surface area contributed by atoms with Crippen LogP contribution in [0.2, 0.25) is 0 Å². The molecule has 0 radical (unpaired) electrons. The number of Topliss-reactive ketones (excluding diaryl/α,β-unsaturated/α-hetero) is 1. The molecule has 0 aromatic heterocycles. The van der Waals surface area contributed by atoms with Crippen molar-refractivity contribution in [2.75, 3.05) is 7.11 Å². The highest BCUT2D eigenvalue weighted by molar-refractivity contribution is 6.02. The lowest BCUT2D eigenvalue weighted by molar-refractivity contribution is -0.278. The second kappa shape index (κ2) is 14.3. The summed E-state index contributed by atoms with van der Waals surface area (Å²) in [5.74, 6) is -4.21. The van der Waals surface area contributed by atoms with E-state index in [0.29, 0.717) is 18.4 Å². The molecule has 0 bridgehead atoms. The van der Waals surface area contributed by atoms with Crippen LogP contribution >= 0.6 is 0 Å². The number of aliphatic hydroxyl groups is 2. The fourth-order valence-corrected chi connectivity index (χ4v) is 4.69. The van der Waals surface area contributed by atoms with Gasteiger partial charge in [0, 0.05) is 37.5 Å². The number of ether oxygens (including phenoxy) is 3. The van der Waals surface area contributed by atoms with Gasteiger partial charge in [0.05, 0.1) is 6.10 Å². The number of alkyl halides is 3. The van der Waals surface area contributed by atoms with Crippen LogP contribution in [-0.4, -0.2) is 53.2 Å². The van der Waals surface area contributed by atoms with Crippen molar-refractivity contribution >= 4 is 11.8 Å². The first-order valence-electron chi connectivity index (χ1n) is 13.7. The van der Waals surface area contributed by atoms with E-state index in [2.05, 4.69) is 0 Å². The third-order valence-electron chi connectivity index (χ3n) is 7.38. The minimum atomic E-state index is -5.08. The number of aliphatic hydroxyl groups excluding tert-OH is 1. The maximum absolute atomic E-state index is 14.3. The van der Waals surface area contributed by atoms with Crippen molar-refractivity contribution in [2.45, 2.75) is 90.6 Å². The molecule has 0 saturated heterocycles. The number of methoxy groups -OCH3 is 1. The molecular weight excluding hydrogens is 553 g/mol. The predicted octanol–water partition coefficient (Wildman–Crippen LogP) is 6.22. The molecule has 2 N–H and O–H groups in total. The maximum Gasteiger partial charge on any atom is 0.432 e. The summed E-state index contributed by atoms with van der Waals surface area (Å²) in [5, 5.41) is 20.4. The van der Waals surface area contributed by atoms with Crippen LogP contribution in [-0.2, 0) is 29.4 Å². The molecule has 2 rings (SSSR count). The van der Waals surface area contributed by atoms with E-state index in [1.807, 2.05) is 6.92 Å². The van der Waals surface area contributed by atoms with Gasteiger partial charge in [0.2, 0.25) is 5.78 Å². The number of carbonyl (C=O) groups excluding carboxylic acids is 2. The van der Waals surface area contributed by atoms with Gasteiger partial charge in [0.25, 0.3) is 11.4 Å². The standard InChI is InChI=1S/C32H41F3O7/c1-8-21(3)27(41-29(38)31(40-7,32(33,34)35)24-15-10-9-11-16-24)22(4)14-12-13-20(2)17-18-25(36)19-26-23(5)28(37)30(6,39)42-26/h8-16,22,25,27,36,39H,17-19H2,1-7H3/b14-12+,20-13+,21-8+/t22-,25-,27+,30?,31-/m1/s1. The zero-order chi connectivity index (χ0) is 31.9. The van der Waals surface area contributed by atoms with Crippen LogP contribution in [0, 0.1) is 5.92 Å². The van der Waals surface area contributed by atoms with E-state index < -0.39 is 47.4 Å². The third-order valence-corrected chi connectivity index (χ3v) is 7.38. The first-order chi connectivity index (χ1) is 19.5. The van der Waals surface area contributed by atoms with E-state index in [9.17, 15) is 33.0 Å². The second-order valence-electron chi connectivity index (χ2n) is 10.7. The van der Waals surface area contributed by atoms with E-state index >= 15 is 0 Å². The number of allylic oxidation sites excluding steroid dienone is 4. The summed E-state index contributed by atoms with van der Waals surface area (Å²) in [4.78, 5) is 25.2. The monoisotopic (exact) mass is 594 g/mol. The summed E-state index contributed by atoms with van der Waals surface area (Å²) in [7, 11) is 0.829. The van der Waals surface area contributed by atoms with E-state index in [0.717, 1.165) is 12.7 Å². The number of halogens is 3. The molecule has 42 heavy (non-hydrogen) atoms. The smallest absolute Gasteiger partial charge is 0.432 e. The number of hydrogen-bond acceptors (Lipinski definition) is 7. The summed E-state index contributed by atoms with van der Waals surface area (Å²) in [6.07, 6.45) is 1.04. The number of esters is 1. The lowest BCUT2D eigenvalue weighted by Gasteiger charge is -2.34. The third kappa shape index (κ3) is 7.99. The average Bonchev–Trinajstić information content (AvgIpc) is 3.12. The van der Waals surface area contributed by atoms with Gasteiger partial charge < -0.3 is 24.4 Å². The minimum absolute atomic E-state index is 0.0907. The summed E-state index contributed by atoms with van der Waals surface area (Å²) in [6, 6.07) is 6.67. The van der Waals surface area contributed by atoms with Crippen LogP contribution in [0.4, 0.5) is 13.2 Å². The van der Waals surface area contributed by atoms with Crippen molar-refractivity contribution in [3.63, 3.8) is 0 Å². The number of hydrogen-bond donors (Lipinski definition) is 2. The number of carbonyl (C=O) groups is 2. The fraction of sp³-hybridized carbons (Fsp3) is 0.500. The lowest BCUT2D eigenvalue weighted by atomic mass is 9.91. The Morgan fingerprint density at radius 3 is 2.31 bits per heavy atom. The Hall–Kier alpha value is -3.21. The summed E-state index contributed by atoms with van der Waals surface area (Å²) < 4.78 is 58.7. The fourth-order valence-electron chi connectivity index (χ4n) is 4.69. The van der Waals surface area contributed by atoms with Gasteiger partial charge in [-0.3, -0.25) is 4.79 Å². The van der Waals surface area contributed by atoms with Crippen LogP contribution < -0.4 is 0 Å². The first kappa shape index (κ1) is 35.0. The Morgan fingerprint density at radius 2 is 1.81 bits per heavy atom. The Morgan fingerprint density at radius 1 is 1.19 bits per heavy atom. The Kier molecular flexibility index (Phi) is 11.9. The largest absolute Gasteiger partial charge is 0.459 e. The van der Waals surface area contributed by atoms with Crippen molar-refractivity contribution < 1.29 is 47.2 Å². The van der Waals surface area contributed by atoms with Crippen molar-refractivity contribution in [2.24, 2.45) is 5.92 Å².